The number of carboxylic acid groups (broad SMARTS) is 2. The van der Waals surface area contributed by atoms with Crippen LogP contribution in [0.25, 0.3) is 0 Å². The highest BCUT2D eigenvalue weighted by Gasteiger charge is 2.58. The maximum absolute atomic E-state index is 11.3. The van der Waals surface area contributed by atoms with Crippen LogP contribution >= 0.6 is 0 Å². The number of carbonyl (C=O) groups is 2. The molecule has 0 amide bonds. The molecule has 4 N–H and O–H groups in total. The molecule has 0 aliphatic heterocycles. The van der Waals surface area contributed by atoms with E-state index in [-0.39, 0.29) is 18.8 Å². The van der Waals surface area contributed by atoms with Gasteiger partial charge in [0.05, 0.1) is 6.42 Å². The van der Waals surface area contributed by atoms with Gasteiger partial charge >= 0.3 is 11.9 Å². The Labute approximate surface area is 98.9 Å². The molecule has 2 atom stereocenters. The van der Waals surface area contributed by atoms with E-state index in [1.54, 1.807) is 0 Å². The molecular formula is C11H18O6. The van der Waals surface area contributed by atoms with Crippen molar-refractivity contribution < 1.29 is 30.0 Å². The summed E-state index contributed by atoms with van der Waals surface area (Å²) < 4.78 is 0. The fourth-order valence-electron chi connectivity index (χ4n) is 2.54. The third-order valence-corrected chi connectivity index (χ3v) is 3.62. The molecule has 2 unspecified atom stereocenters. The lowest BCUT2D eigenvalue weighted by Crippen LogP contribution is -2.52. The maximum Gasteiger partial charge on any atom is 0.315 e. The van der Waals surface area contributed by atoms with Crippen LogP contribution in [0.4, 0.5) is 0 Å². The van der Waals surface area contributed by atoms with E-state index < -0.39 is 36.0 Å². The van der Waals surface area contributed by atoms with Crippen molar-refractivity contribution in [3.8, 4) is 0 Å². The predicted octanol–water partition coefficient (Wildman–Crippen LogP) is 0.423. The predicted molar refractivity (Wildman–Crippen MR) is 57.1 cm³/mol. The van der Waals surface area contributed by atoms with Crippen LogP contribution in [-0.4, -0.2) is 38.2 Å². The molecule has 17 heavy (non-hydrogen) atoms. The van der Waals surface area contributed by atoms with E-state index >= 15 is 0 Å². The fraction of sp³-hybridized carbons (Fsp3) is 0.818. The molecule has 0 aromatic heterocycles. The van der Waals surface area contributed by atoms with E-state index in [2.05, 4.69) is 0 Å². The average molecular weight is 246 g/mol. The van der Waals surface area contributed by atoms with Crippen molar-refractivity contribution in [1.82, 2.24) is 0 Å². The largest absolute Gasteiger partial charge is 0.481 e. The van der Waals surface area contributed by atoms with Gasteiger partial charge in [0.25, 0.3) is 0 Å². The fourth-order valence-corrected chi connectivity index (χ4v) is 2.54. The normalized spacial score (nSPS) is 29.2. The summed E-state index contributed by atoms with van der Waals surface area (Å²) in [6, 6.07) is 0. The number of carboxylic acids is 2. The van der Waals surface area contributed by atoms with Crippen molar-refractivity contribution in [2.45, 2.75) is 44.8 Å². The molecule has 0 heterocycles. The summed E-state index contributed by atoms with van der Waals surface area (Å²) in [4.78, 5) is 21.7. The molecule has 6 nitrogen and oxygen atoms in total. The topological polar surface area (TPSA) is 115 Å². The minimum atomic E-state index is -2.47. The zero-order chi connectivity index (χ0) is 13.3. The van der Waals surface area contributed by atoms with Gasteiger partial charge in [0.1, 0.15) is 5.41 Å². The Balaban J connectivity index is 2.90. The first-order valence-electron chi connectivity index (χ1n) is 5.61. The average Bonchev–Trinajstić information content (AvgIpc) is 2.59. The van der Waals surface area contributed by atoms with Gasteiger partial charge < -0.3 is 20.4 Å². The van der Waals surface area contributed by atoms with Crippen LogP contribution in [0.5, 0.6) is 0 Å². The summed E-state index contributed by atoms with van der Waals surface area (Å²) in [5, 5.41) is 37.6. The number of hydrogen-bond acceptors (Lipinski definition) is 4. The second-order valence-corrected chi connectivity index (χ2v) is 4.95. The summed E-state index contributed by atoms with van der Waals surface area (Å²) in [7, 11) is 0. The number of aliphatic carboxylic acids is 2. The van der Waals surface area contributed by atoms with Crippen LogP contribution in [0.15, 0.2) is 0 Å². The molecule has 0 bridgehead atoms. The molecule has 6 heteroatoms. The van der Waals surface area contributed by atoms with E-state index in [1.165, 1.54) is 0 Å². The van der Waals surface area contributed by atoms with Gasteiger partial charge in [0.2, 0.25) is 0 Å². The van der Waals surface area contributed by atoms with Crippen molar-refractivity contribution >= 4 is 11.9 Å². The van der Waals surface area contributed by atoms with Crippen LogP contribution in [0.2, 0.25) is 0 Å². The molecule has 0 spiro atoms. The SMILES string of the molecule is CC1CCC(C(=O)O)(C(O)(O)CCC(=O)O)C1. The second-order valence-electron chi connectivity index (χ2n) is 4.95. The van der Waals surface area contributed by atoms with Crippen molar-refractivity contribution in [2.24, 2.45) is 11.3 Å². The molecule has 0 saturated heterocycles. The summed E-state index contributed by atoms with van der Waals surface area (Å²) in [6.07, 6.45) is -0.00885. The molecule has 1 aliphatic carbocycles. The summed E-state index contributed by atoms with van der Waals surface area (Å²) >= 11 is 0. The van der Waals surface area contributed by atoms with E-state index in [1.807, 2.05) is 6.92 Å². The quantitative estimate of drug-likeness (QED) is 0.523. The van der Waals surface area contributed by atoms with Crippen molar-refractivity contribution in [1.29, 1.82) is 0 Å². The first-order chi connectivity index (χ1) is 7.71. The van der Waals surface area contributed by atoms with E-state index in [4.69, 9.17) is 5.11 Å². The first-order valence-corrected chi connectivity index (χ1v) is 5.61. The number of aliphatic hydroxyl groups is 2. The molecule has 0 aromatic rings. The Bertz CT molecular complexity index is 324. The molecular weight excluding hydrogens is 228 g/mol. The van der Waals surface area contributed by atoms with Gasteiger partial charge in [-0.15, -0.1) is 0 Å². The molecule has 0 radical (unpaired) electrons. The second kappa shape index (κ2) is 4.62. The zero-order valence-corrected chi connectivity index (χ0v) is 9.72. The molecule has 1 saturated carbocycles. The lowest BCUT2D eigenvalue weighted by atomic mass is 9.75. The number of hydrogen-bond donors (Lipinski definition) is 4. The van der Waals surface area contributed by atoms with Crippen LogP contribution < -0.4 is 0 Å². The summed E-state index contributed by atoms with van der Waals surface area (Å²) in [6.45, 7) is 1.85. The lowest BCUT2D eigenvalue weighted by Gasteiger charge is -2.37. The van der Waals surface area contributed by atoms with Gasteiger partial charge in [0, 0.05) is 6.42 Å². The van der Waals surface area contributed by atoms with Crippen LogP contribution in [-0.2, 0) is 9.59 Å². The Morgan fingerprint density at radius 1 is 1.35 bits per heavy atom. The highest BCUT2D eigenvalue weighted by Crippen LogP contribution is 2.49. The standard InChI is InChI=1S/C11H18O6/c1-7-2-4-10(6-7,9(14)15)11(16,17)5-3-8(12)13/h7,16-17H,2-6H2,1H3,(H,12,13)(H,14,15). The Kier molecular flexibility index (Phi) is 3.78. The highest BCUT2D eigenvalue weighted by molar-refractivity contribution is 5.76. The molecule has 1 rings (SSSR count). The monoisotopic (exact) mass is 246 g/mol. The van der Waals surface area contributed by atoms with Gasteiger partial charge in [-0.1, -0.05) is 6.92 Å². The maximum atomic E-state index is 11.3. The minimum Gasteiger partial charge on any atom is -0.481 e. The van der Waals surface area contributed by atoms with Gasteiger partial charge in [-0.05, 0) is 25.2 Å². The smallest absolute Gasteiger partial charge is 0.315 e. The Hall–Kier alpha value is -1.14. The molecule has 1 aliphatic rings. The van der Waals surface area contributed by atoms with Gasteiger partial charge in [0.15, 0.2) is 5.79 Å². The van der Waals surface area contributed by atoms with E-state index in [0.29, 0.717) is 6.42 Å². The van der Waals surface area contributed by atoms with Gasteiger partial charge in [-0.3, -0.25) is 9.59 Å². The molecule has 1 fully saturated rings. The van der Waals surface area contributed by atoms with Crippen LogP contribution in [0.3, 0.4) is 0 Å². The third kappa shape index (κ3) is 2.58. The van der Waals surface area contributed by atoms with Crippen LogP contribution in [0.1, 0.15) is 39.0 Å². The summed E-state index contributed by atoms with van der Waals surface area (Å²) in [5.41, 5.74) is -1.64. The lowest BCUT2D eigenvalue weighted by molar-refractivity contribution is -0.250. The number of rotatable bonds is 5. The third-order valence-electron chi connectivity index (χ3n) is 3.62. The highest BCUT2D eigenvalue weighted by atomic mass is 16.5. The van der Waals surface area contributed by atoms with Crippen LogP contribution in [0, 0.1) is 11.3 Å². The Morgan fingerprint density at radius 3 is 2.29 bits per heavy atom. The van der Waals surface area contributed by atoms with E-state index in [0.717, 1.165) is 0 Å². The first kappa shape index (κ1) is 13.9. The van der Waals surface area contributed by atoms with Crippen molar-refractivity contribution in [3.05, 3.63) is 0 Å². The summed E-state index contributed by atoms with van der Waals surface area (Å²) in [5.74, 6) is -4.82. The molecule has 98 valence electrons. The zero-order valence-electron chi connectivity index (χ0n) is 9.72. The van der Waals surface area contributed by atoms with Gasteiger partial charge in [-0.25, -0.2) is 0 Å². The Morgan fingerprint density at radius 2 is 1.94 bits per heavy atom. The van der Waals surface area contributed by atoms with Gasteiger partial charge in [-0.2, -0.15) is 0 Å². The molecule has 0 aromatic carbocycles. The minimum absolute atomic E-state index is 0.0922. The van der Waals surface area contributed by atoms with Crippen molar-refractivity contribution in [3.63, 3.8) is 0 Å². The van der Waals surface area contributed by atoms with E-state index in [9.17, 15) is 24.9 Å². The van der Waals surface area contributed by atoms with Crippen molar-refractivity contribution in [2.75, 3.05) is 0 Å².